The zero-order valence-corrected chi connectivity index (χ0v) is 23.6. The molecule has 1 atom stereocenters. The second kappa shape index (κ2) is 12.0. The number of nitrogens with zero attached hydrogens (tertiary/aromatic N) is 2. The fraction of sp³-hybridized carbons (Fsp3) is 0.222. The van der Waals surface area contributed by atoms with Crippen molar-refractivity contribution < 1.29 is 60.7 Å². The first kappa shape index (κ1) is 34.4. The maximum atomic E-state index is 13.9. The minimum absolute atomic E-state index is 0.131. The molecule has 2 amide bonds. The van der Waals surface area contributed by atoms with E-state index in [0.717, 1.165) is 0 Å². The highest BCUT2D eigenvalue weighted by molar-refractivity contribution is 6.30. The van der Waals surface area contributed by atoms with Gasteiger partial charge in [0.25, 0.3) is 11.8 Å². The lowest BCUT2D eigenvalue weighted by Gasteiger charge is -2.28. The van der Waals surface area contributed by atoms with Crippen molar-refractivity contribution in [3.8, 4) is 0 Å². The number of nitrogens with one attached hydrogen (secondary N) is 2. The van der Waals surface area contributed by atoms with Gasteiger partial charge < -0.3 is 31.1 Å². The van der Waals surface area contributed by atoms with Gasteiger partial charge in [0.2, 0.25) is 0 Å². The Kier molecular flexibility index (Phi) is 8.99. The van der Waals surface area contributed by atoms with Crippen LogP contribution in [0.3, 0.4) is 0 Å². The van der Waals surface area contributed by atoms with Crippen molar-refractivity contribution in [2.24, 2.45) is 0 Å². The van der Waals surface area contributed by atoms with Crippen LogP contribution in [0.4, 0.5) is 36.4 Å². The molecule has 5 rings (SSSR count). The smallest absolute Gasteiger partial charge is 0.345 e. The summed E-state index contributed by atoms with van der Waals surface area (Å²) >= 11 is 5.44. The van der Waals surface area contributed by atoms with Crippen LogP contribution < -0.4 is 16.3 Å². The predicted octanol–water partition coefficient (Wildman–Crippen LogP) is 3.63. The fourth-order valence-electron chi connectivity index (χ4n) is 4.62. The molecule has 3 aromatic carbocycles. The predicted molar refractivity (Wildman–Crippen MR) is 145 cm³/mol. The molecule has 0 saturated carbocycles. The van der Waals surface area contributed by atoms with Crippen molar-refractivity contribution in [2.45, 2.75) is 37.9 Å². The number of benzene rings is 3. The molecule has 46 heavy (non-hydrogen) atoms. The van der Waals surface area contributed by atoms with Crippen molar-refractivity contribution >= 4 is 40.1 Å². The molecule has 246 valence electrons. The van der Waals surface area contributed by atoms with Crippen LogP contribution in [0.5, 0.6) is 0 Å². The highest BCUT2D eigenvalue weighted by Crippen LogP contribution is 2.40. The molecule has 6 N–H and O–H groups in total. The number of fused-ring (bicyclic) bond motifs is 3. The number of aromatic nitrogens is 2. The monoisotopic (exact) mass is 680 g/mol. The van der Waals surface area contributed by atoms with Crippen molar-refractivity contribution in [3.05, 3.63) is 97.9 Å². The number of anilines is 1. The van der Waals surface area contributed by atoms with Crippen LogP contribution in [-0.2, 0) is 18.9 Å². The topological polar surface area (TPSA) is 166 Å². The van der Waals surface area contributed by atoms with Crippen LogP contribution in [0.25, 0.3) is 11.0 Å². The van der Waals surface area contributed by atoms with E-state index in [-0.39, 0.29) is 22.0 Å². The minimum atomic E-state index is -5.02. The summed E-state index contributed by atoms with van der Waals surface area (Å²) in [4.78, 5) is 38.2. The Morgan fingerprint density at radius 2 is 1.59 bits per heavy atom. The molecule has 4 aromatic rings. The number of hydrogen-bond acceptors (Lipinski definition) is 7. The molecule has 11 nitrogen and oxygen atoms in total. The number of carbonyl (C=O) groups excluding carboxylic acids is 2. The zero-order chi connectivity index (χ0) is 34.5. The first-order valence-corrected chi connectivity index (χ1v) is 12.9. The van der Waals surface area contributed by atoms with Crippen LogP contribution in [-0.4, -0.2) is 47.4 Å². The first-order valence-electron chi connectivity index (χ1n) is 12.6. The van der Waals surface area contributed by atoms with E-state index in [1.807, 2.05) is 0 Å². The molecular formula is C27H20ClF7N4O7. The second-order valence-corrected chi connectivity index (χ2v) is 10.2. The van der Waals surface area contributed by atoms with E-state index in [1.54, 1.807) is 0 Å². The molecule has 0 aliphatic carbocycles. The van der Waals surface area contributed by atoms with E-state index in [4.69, 9.17) is 11.6 Å². The summed E-state index contributed by atoms with van der Waals surface area (Å²) < 4.78 is 92.5. The SMILES string of the molecule is CC1NC(=O)c2c1c(NC(=O)c1cc(F)cc(C(F)(F)F)c1)cc1c2n(CF)c(=O)n1C(O)(O)C(O)(O)F.Fc1ccc(Cl)cc1. The van der Waals surface area contributed by atoms with Crippen molar-refractivity contribution in [1.82, 2.24) is 14.5 Å². The van der Waals surface area contributed by atoms with Crippen LogP contribution in [0, 0.1) is 11.6 Å². The van der Waals surface area contributed by atoms with E-state index in [9.17, 15) is 65.5 Å². The van der Waals surface area contributed by atoms with Gasteiger partial charge in [-0.05, 0) is 55.5 Å². The number of alkyl halides is 5. The average molecular weight is 681 g/mol. The third kappa shape index (κ3) is 6.29. The Morgan fingerprint density at radius 3 is 2.11 bits per heavy atom. The molecular weight excluding hydrogens is 661 g/mol. The van der Waals surface area contributed by atoms with Gasteiger partial charge in [0.15, 0.2) is 6.80 Å². The average Bonchev–Trinajstić information content (AvgIpc) is 3.40. The molecule has 1 unspecified atom stereocenters. The Labute approximate surface area is 256 Å². The summed E-state index contributed by atoms with van der Waals surface area (Å²) in [7, 11) is 0. The third-order valence-electron chi connectivity index (χ3n) is 6.66. The number of hydrogen-bond donors (Lipinski definition) is 6. The first-order chi connectivity index (χ1) is 21.2. The quantitative estimate of drug-likeness (QED) is 0.138. The van der Waals surface area contributed by atoms with Gasteiger partial charge in [-0.15, -0.1) is 0 Å². The molecule has 1 aliphatic rings. The van der Waals surface area contributed by atoms with Crippen LogP contribution in [0.15, 0.2) is 53.3 Å². The number of amides is 2. The highest BCUT2D eigenvalue weighted by Gasteiger charge is 2.53. The molecule has 0 saturated heterocycles. The maximum absolute atomic E-state index is 13.9. The van der Waals surface area contributed by atoms with Gasteiger partial charge in [-0.1, -0.05) is 11.6 Å². The lowest BCUT2D eigenvalue weighted by Crippen LogP contribution is -2.56. The lowest BCUT2D eigenvalue weighted by molar-refractivity contribution is -0.451. The molecule has 1 aliphatic heterocycles. The van der Waals surface area contributed by atoms with Gasteiger partial charge in [-0.3, -0.25) is 14.2 Å². The van der Waals surface area contributed by atoms with Gasteiger partial charge in [0.1, 0.15) is 11.6 Å². The number of halogens is 8. The Balaban J connectivity index is 0.000000523. The van der Waals surface area contributed by atoms with E-state index >= 15 is 0 Å². The van der Waals surface area contributed by atoms with Crippen molar-refractivity contribution in [3.63, 3.8) is 0 Å². The molecule has 1 aromatic heterocycles. The molecule has 0 spiro atoms. The Bertz CT molecular complexity index is 1880. The Morgan fingerprint density at radius 1 is 0.978 bits per heavy atom. The summed E-state index contributed by atoms with van der Waals surface area (Å²) in [5.41, 5.74) is -6.85. The van der Waals surface area contributed by atoms with E-state index < -0.39 is 92.3 Å². The fourth-order valence-corrected chi connectivity index (χ4v) is 4.75. The van der Waals surface area contributed by atoms with E-state index in [0.29, 0.717) is 23.2 Å². The normalized spacial score (nSPS) is 14.9. The Hall–Kier alpha value is -4.49. The van der Waals surface area contributed by atoms with Gasteiger partial charge in [-0.2, -0.15) is 17.6 Å². The van der Waals surface area contributed by atoms with Gasteiger partial charge in [0.05, 0.1) is 28.2 Å². The second-order valence-electron chi connectivity index (χ2n) is 9.78. The standard InChI is InChI=1S/C21H16F6N4O7.C6H4ClF/c1-7-13-11(29-16(32)8-2-9(19(24,25)26)4-10(23)3-8)5-12-15(14(13)17(33)28-7)30(6-22)18(34)31(12)21(37,38)20(27,35)36;7-5-1-3-6(8)4-2-5/h2-5,7,35-38H,6H2,1H3,(H,28,33)(H,29,32);1-4H. The molecule has 2 heterocycles. The molecule has 0 radical (unpaired) electrons. The number of carbonyl (C=O) groups is 2. The van der Waals surface area contributed by atoms with Crippen LogP contribution in [0.2, 0.25) is 5.02 Å². The number of aliphatic hydroxyl groups is 4. The highest BCUT2D eigenvalue weighted by atomic mass is 35.5. The number of imidazole rings is 1. The summed E-state index contributed by atoms with van der Waals surface area (Å²) in [6, 6.07) is 1.38. The molecule has 19 heteroatoms. The maximum Gasteiger partial charge on any atom is 0.416 e. The zero-order valence-electron chi connectivity index (χ0n) is 22.8. The number of rotatable bonds is 5. The summed E-state index contributed by atoms with van der Waals surface area (Å²) in [5, 5.41) is 43.5. The summed E-state index contributed by atoms with van der Waals surface area (Å²) in [6.45, 7) is -0.363. The summed E-state index contributed by atoms with van der Waals surface area (Å²) in [6.07, 6.45) is -5.02. The molecule has 0 bridgehead atoms. The van der Waals surface area contributed by atoms with E-state index in [1.165, 1.54) is 31.2 Å². The third-order valence-corrected chi connectivity index (χ3v) is 6.91. The van der Waals surface area contributed by atoms with Crippen molar-refractivity contribution in [2.75, 3.05) is 5.32 Å². The van der Waals surface area contributed by atoms with Gasteiger partial charge >= 0.3 is 23.8 Å². The lowest BCUT2D eigenvalue weighted by atomic mass is 10.0. The van der Waals surface area contributed by atoms with Gasteiger partial charge in [0, 0.05) is 21.8 Å². The molecule has 0 fully saturated rings. The summed E-state index contributed by atoms with van der Waals surface area (Å²) in [5.74, 6) is -8.48. The van der Waals surface area contributed by atoms with Gasteiger partial charge in [-0.25, -0.2) is 22.5 Å². The van der Waals surface area contributed by atoms with Crippen LogP contribution in [0.1, 0.15) is 44.8 Å². The van der Waals surface area contributed by atoms with E-state index in [2.05, 4.69) is 10.6 Å². The van der Waals surface area contributed by atoms with Crippen molar-refractivity contribution in [1.29, 1.82) is 0 Å². The largest absolute Gasteiger partial charge is 0.416 e. The minimum Gasteiger partial charge on any atom is -0.345 e. The van der Waals surface area contributed by atoms with Crippen LogP contribution >= 0.6 is 11.6 Å².